The normalized spacial score (nSPS) is 11.2. The summed E-state index contributed by atoms with van der Waals surface area (Å²) in [6.07, 6.45) is 1.24. The summed E-state index contributed by atoms with van der Waals surface area (Å²) in [5.74, 6) is -1.05. The van der Waals surface area contributed by atoms with Crippen LogP contribution in [0.5, 0.6) is 11.5 Å². The molecular formula is C34H54O10. The minimum Gasteiger partial charge on any atom is -0.508 e. The summed E-state index contributed by atoms with van der Waals surface area (Å²) in [7, 11) is 0. The molecule has 10 heteroatoms. The number of ether oxygens (including phenoxy) is 2. The van der Waals surface area contributed by atoms with Crippen LogP contribution in [-0.2, 0) is 42.7 Å². The lowest BCUT2D eigenvalue weighted by Gasteiger charge is -2.24. The smallest absolute Gasteiger partial charge is 0.303 e. The molecular weight excluding hydrogens is 568 g/mol. The second-order valence-corrected chi connectivity index (χ2v) is 12.6. The Kier molecular flexibility index (Phi) is 18.5. The highest BCUT2D eigenvalue weighted by atomic mass is 16.5. The van der Waals surface area contributed by atoms with E-state index in [-0.39, 0.29) is 48.4 Å². The Labute approximate surface area is 262 Å². The van der Waals surface area contributed by atoms with E-state index in [1.54, 1.807) is 12.1 Å². The summed E-state index contributed by atoms with van der Waals surface area (Å²) in [6.45, 7) is 17.7. The number of phenolic OH excluding ortho intramolecular Hbond substituents is 2. The fraction of sp³-hybridized carbons (Fsp3) is 0.588. The van der Waals surface area contributed by atoms with Crippen molar-refractivity contribution in [2.45, 2.75) is 91.9 Å². The van der Waals surface area contributed by atoms with Gasteiger partial charge in [-0.25, -0.2) is 0 Å². The van der Waals surface area contributed by atoms with Gasteiger partial charge in [0.2, 0.25) is 0 Å². The SMILES string of the molecule is Cc1cc(CCC(=O)O)c(C(C)(C)C)cc1O.Cc1cc(CCC(=O)O)c(C(C)(C)C)cc1O.OCCOCCOCCO. The zero-order valence-electron chi connectivity index (χ0n) is 27.7. The van der Waals surface area contributed by atoms with Crippen molar-refractivity contribution in [3.8, 4) is 11.5 Å². The fourth-order valence-electron chi connectivity index (χ4n) is 4.26. The van der Waals surface area contributed by atoms with E-state index in [1.807, 2.05) is 26.0 Å². The van der Waals surface area contributed by atoms with Gasteiger partial charge in [-0.2, -0.15) is 0 Å². The number of hydrogen-bond acceptors (Lipinski definition) is 8. The molecule has 10 nitrogen and oxygen atoms in total. The molecule has 0 heterocycles. The van der Waals surface area contributed by atoms with Crippen LogP contribution in [0.15, 0.2) is 24.3 Å². The minimum absolute atomic E-state index is 0.0417. The van der Waals surface area contributed by atoms with E-state index in [0.29, 0.717) is 39.3 Å². The van der Waals surface area contributed by atoms with Gasteiger partial charge >= 0.3 is 11.9 Å². The molecule has 0 atom stereocenters. The van der Waals surface area contributed by atoms with Gasteiger partial charge in [-0.3, -0.25) is 9.59 Å². The van der Waals surface area contributed by atoms with E-state index < -0.39 is 11.9 Å². The van der Waals surface area contributed by atoms with Crippen molar-refractivity contribution >= 4 is 11.9 Å². The zero-order valence-corrected chi connectivity index (χ0v) is 27.7. The summed E-state index contributed by atoms with van der Waals surface area (Å²) in [6, 6.07) is 7.29. The molecule has 0 aliphatic carbocycles. The average Bonchev–Trinajstić information content (AvgIpc) is 2.91. The van der Waals surface area contributed by atoms with E-state index in [9.17, 15) is 19.8 Å². The Balaban J connectivity index is 0.000000655. The number of aliphatic hydroxyl groups is 2. The number of carboxylic acids is 2. The summed E-state index contributed by atoms with van der Waals surface area (Å²) >= 11 is 0. The number of aryl methyl sites for hydroxylation is 4. The number of rotatable bonds is 13. The van der Waals surface area contributed by atoms with E-state index >= 15 is 0 Å². The van der Waals surface area contributed by atoms with Crippen LogP contribution < -0.4 is 0 Å². The van der Waals surface area contributed by atoms with Crippen molar-refractivity contribution in [1.29, 1.82) is 0 Å². The largest absolute Gasteiger partial charge is 0.508 e. The first kappa shape index (κ1) is 40.8. The van der Waals surface area contributed by atoms with Gasteiger partial charge in [0.05, 0.1) is 39.6 Å². The lowest BCUT2D eigenvalue weighted by molar-refractivity contribution is -0.138. The van der Waals surface area contributed by atoms with Crippen molar-refractivity contribution in [2.75, 3.05) is 39.6 Å². The molecule has 0 bridgehead atoms. The zero-order chi connectivity index (χ0) is 34.1. The van der Waals surface area contributed by atoms with Gasteiger partial charge in [0, 0.05) is 12.8 Å². The van der Waals surface area contributed by atoms with Gasteiger partial charge in [0.1, 0.15) is 11.5 Å². The molecule has 0 radical (unpaired) electrons. The van der Waals surface area contributed by atoms with Crippen LogP contribution in [0.1, 0.15) is 87.8 Å². The van der Waals surface area contributed by atoms with E-state index in [0.717, 1.165) is 33.4 Å². The topological polar surface area (TPSA) is 174 Å². The van der Waals surface area contributed by atoms with Gasteiger partial charge in [-0.05, 0) is 83.0 Å². The predicted molar refractivity (Wildman–Crippen MR) is 171 cm³/mol. The summed E-state index contributed by atoms with van der Waals surface area (Å²) in [5, 5.41) is 53.5. The quantitative estimate of drug-likeness (QED) is 0.166. The Morgan fingerprint density at radius 2 is 0.932 bits per heavy atom. The van der Waals surface area contributed by atoms with Crippen molar-refractivity contribution in [1.82, 2.24) is 0 Å². The van der Waals surface area contributed by atoms with Crippen LogP contribution in [0.25, 0.3) is 0 Å². The number of phenols is 2. The molecule has 0 saturated carbocycles. The van der Waals surface area contributed by atoms with Gasteiger partial charge in [-0.15, -0.1) is 0 Å². The highest BCUT2D eigenvalue weighted by Crippen LogP contribution is 2.33. The van der Waals surface area contributed by atoms with Gasteiger partial charge in [0.25, 0.3) is 0 Å². The van der Waals surface area contributed by atoms with Crippen LogP contribution in [0.4, 0.5) is 0 Å². The Bertz CT molecular complexity index is 1070. The van der Waals surface area contributed by atoms with E-state index in [2.05, 4.69) is 41.5 Å². The lowest BCUT2D eigenvalue weighted by Crippen LogP contribution is -2.15. The second kappa shape index (κ2) is 20.0. The molecule has 44 heavy (non-hydrogen) atoms. The number of carboxylic acid groups (broad SMARTS) is 2. The highest BCUT2D eigenvalue weighted by molar-refractivity contribution is 5.67. The Morgan fingerprint density at radius 1 is 0.614 bits per heavy atom. The van der Waals surface area contributed by atoms with Crippen LogP contribution >= 0.6 is 0 Å². The maximum atomic E-state index is 10.6. The first-order chi connectivity index (χ1) is 20.3. The average molecular weight is 623 g/mol. The molecule has 0 amide bonds. The highest BCUT2D eigenvalue weighted by Gasteiger charge is 2.21. The molecule has 0 spiro atoms. The number of carbonyl (C=O) groups is 2. The number of aromatic hydroxyl groups is 2. The molecule has 250 valence electrons. The maximum Gasteiger partial charge on any atom is 0.303 e. The molecule has 0 aromatic heterocycles. The first-order valence-corrected chi connectivity index (χ1v) is 14.8. The van der Waals surface area contributed by atoms with Crippen LogP contribution in [0.2, 0.25) is 0 Å². The first-order valence-electron chi connectivity index (χ1n) is 14.8. The number of aliphatic hydroxyl groups excluding tert-OH is 2. The summed E-state index contributed by atoms with van der Waals surface area (Å²) in [4.78, 5) is 21.3. The van der Waals surface area contributed by atoms with Crippen molar-refractivity contribution < 1.29 is 49.7 Å². The van der Waals surface area contributed by atoms with Gasteiger partial charge < -0.3 is 40.1 Å². The Hall–Kier alpha value is -3.18. The molecule has 0 saturated heterocycles. The van der Waals surface area contributed by atoms with E-state index in [4.69, 9.17) is 29.9 Å². The third kappa shape index (κ3) is 16.6. The van der Waals surface area contributed by atoms with Gasteiger partial charge in [0.15, 0.2) is 0 Å². The summed E-state index contributed by atoms with van der Waals surface area (Å²) in [5.41, 5.74) is 5.43. The van der Waals surface area contributed by atoms with Crippen molar-refractivity contribution in [3.05, 3.63) is 57.6 Å². The third-order valence-corrected chi connectivity index (χ3v) is 6.52. The Morgan fingerprint density at radius 3 is 1.18 bits per heavy atom. The fourth-order valence-corrected chi connectivity index (χ4v) is 4.26. The van der Waals surface area contributed by atoms with Crippen LogP contribution in [0, 0.1) is 13.8 Å². The number of hydrogen-bond donors (Lipinski definition) is 6. The number of aliphatic carboxylic acids is 2. The van der Waals surface area contributed by atoms with Crippen LogP contribution in [0.3, 0.4) is 0 Å². The molecule has 0 fully saturated rings. The number of benzene rings is 2. The lowest BCUT2D eigenvalue weighted by atomic mass is 9.81. The molecule has 2 rings (SSSR count). The van der Waals surface area contributed by atoms with Crippen molar-refractivity contribution in [3.63, 3.8) is 0 Å². The molecule has 2 aromatic carbocycles. The summed E-state index contributed by atoms with van der Waals surface area (Å²) < 4.78 is 9.75. The van der Waals surface area contributed by atoms with E-state index in [1.165, 1.54) is 0 Å². The molecule has 6 N–H and O–H groups in total. The standard InChI is InChI=1S/2C14H20O3.C6H14O4/c2*1-9-7-10(5-6-13(16)17)11(8-12(9)15)14(2,3)4;7-1-3-9-5-6-10-4-2-8/h2*7-8,15H,5-6H2,1-4H3,(H,16,17);7-8H,1-6H2. The van der Waals surface area contributed by atoms with Crippen LogP contribution in [-0.4, -0.2) is 82.2 Å². The third-order valence-electron chi connectivity index (χ3n) is 6.52. The maximum absolute atomic E-state index is 10.6. The molecule has 0 unspecified atom stereocenters. The monoisotopic (exact) mass is 622 g/mol. The molecule has 0 aliphatic rings. The van der Waals surface area contributed by atoms with Crippen molar-refractivity contribution in [2.24, 2.45) is 0 Å². The molecule has 0 aliphatic heterocycles. The predicted octanol–water partition coefficient (Wildman–Crippen LogP) is 5.03. The second-order valence-electron chi connectivity index (χ2n) is 12.6. The molecule has 2 aromatic rings. The minimum atomic E-state index is -0.796. The van der Waals surface area contributed by atoms with Gasteiger partial charge in [-0.1, -0.05) is 53.7 Å².